The summed E-state index contributed by atoms with van der Waals surface area (Å²) in [6, 6.07) is 0.0957. The highest BCUT2D eigenvalue weighted by atomic mass is 16.5. The van der Waals surface area contributed by atoms with Gasteiger partial charge in [0.2, 0.25) is 0 Å². The van der Waals surface area contributed by atoms with Crippen LogP contribution in [0.5, 0.6) is 0 Å². The lowest BCUT2D eigenvalue weighted by molar-refractivity contribution is 0.0934. The molecule has 1 aliphatic rings. The van der Waals surface area contributed by atoms with Gasteiger partial charge in [-0.1, -0.05) is 10.4 Å². The predicted molar refractivity (Wildman–Crippen MR) is 73.8 cm³/mol. The van der Waals surface area contributed by atoms with Gasteiger partial charge < -0.3 is 15.2 Å². The summed E-state index contributed by atoms with van der Waals surface area (Å²) in [4.78, 5) is 12.2. The van der Waals surface area contributed by atoms with Crippen LogP contribution in [-0.4, -0.2) is 39.1 Å². The van der Waals surface area contributed by atoms with Gasteiger partial charge in [-0.25, -0.2) is 4.68 Å². The largest absolute Gasteiger partial charge is 0.361 e. The summed E-state index contributed by atoms with van der Waals surface area (Å²) in [5.74, 6) is 0.463. The van der Waals surface area contributed by atoms with Crippen LogP contribution in [0.1, 0.15) is 46.5 Å². The molecule has 8 heteroatoms. The monoisotopic (exact) mass is 290 g/mol. The maximum absolute atomic E-state index is 12.2. The van der Waals surface area contributed by atoms with Gasteiger partial charge in [-0.2, -0.15) is 0 Å². The standard InChI is InChI=1S/C13H18N6O2/c1-7(12-8(2)17-21-9(12)3)15-13(20)11-6-19(18-16-11)10-4-14-5-10/h6-7,10,14H,4-5H2,1-3H3,(H,15,20). The minimum Gasteiger partial charge on any atom is -0.361 e. The molecule has 1 fully saturated rings. The quantitative estimate of drug-likeness (QED) is 0.852. The molecular formula is C13H18N6O2. The van der Waals surface area contributed by atoms with Gasteiger partial charge in [-0.15, -0.1) is 5.10 Å². The van der Waals surface area contributed by atoms with Crippen LogP contribution in [0.15, 0.2) is 10.7 Å². The second kappa shape index (κ2) is 5.28. The molecule has 3 heterocycles. The van der Waals surface area contributed by atoms with Crippen LogP contribution >= 0.6 is 0 Å². The fraction of sp³-hybridized carbons (Fsp3) is 0.538. The van der Waals surface area contributed by atoms with Gasteiger partial charge >= 0.3 is 0 Å². The molecule has 112 valence electrons. The SMILES string of the molecule is Cc1noc(C)c1C(C)NC(=O)c1cn(C2CNC2)nn1. The number of nitrogens with zero attached hydrogens (tertiary/aromatic N) is 4. The third-order valence-corrected chi connectivity index (χ3v) is 3.75. The lowest BCUT2D eigenvalue weighted by Gasteiger charge is -2.26. The molecule has 1 saturated heterocycles. The van der Waals surface area contributed by atoms with E-state index < -0.39 is 0 Å². The highest BCUT2D eigenvalue weighted by molar-refractivity contribution is 5.92. The Morgan fingerprint density at radius 2 is 2.29 bits per heavy atom. The number of nitrogens with one attached hydrogen (secondary N) is 2. The van der Waals surface area contributed by atoms with Gasteiger partial charge in [-0.05, 0) is 20.8 Å². The zero-order valence-electron chi connectivity index (χ0n) is 12.3. The minimum absolute atomic E-state index is 0.195. The second-order valence-corrected chi connectivity index (χ2v) is 5.33. The van der Waals surface area contributed by atoms with Crippen molar-refractivity contribution in [1.29, 1.82) is 0 Å². The van der Waals surface area contributed by atoms with Crippen LogP contribution in [-0.2, 0) is 0 Å². The maximum atomic E-state index is 12.2. The molecule has 1 unspecified atom stereocenters. The first-order chi connectivity index (χ1) is 10.1. The smallest absolute Gasteiger partial charge is 0.273 e. The number of carbonyl (C=O) groups excluding carboxylic acids is 1. The Kier molecular flexibility index (Phi) is 3.46. The Balaban J connectivity index is 1.69. The Labute approximate surface area is 121 Å². The molecule has 0 radical (unpaired) electrons. The van der Waals surface area contributed by atoms with Gasteiger partial charge in [0.05, 0.1) is 24.0 Å². The highest BCUT2D eigenvalue weighted by Crippen LogP contribution is 2.21. The predicted octanol–water partition coefficient (Wildman–Crippen LogP) is 0.518. The first kappa shape index (κ1) is 13.7. The normalized spacial score (nSPS) is 16.5. The molecule has 0 bridgehead atoms. The summed E-state index contributed by atoms with van der Waals surface area (Å²) in [5, 5.41) is 17.9. The van der Waals surface area contributed by atoms with Crippen molar-refractivity contribution < 1.29 is 9.32 Å². The molecule has 3 rings (SSSR count). The number of hydrogen-bond donors (Lipinski definition) is 2. The van der Waals surface area contributed by atoms with Crippen LogP contribution in [0.2, 0.25) is 0 Å². The van der Waals surface area contributed by atoms with Gasteiger partial charge in [0, 0.05) is 18.7 Å². The third kappa shape index (κ3) is 2.54. The molecule has 8 nitrogen and oxygen atoms in total. The molecule has 2 N–H and O–H groups in total. The van der Waals surface area contributed by atoms with Crippen molar-refractivity contribution in [3.05, 3.63) is 28.9 Å². The highest BCUT2D eigenvalue weighted by Gasteiger charge is 2.23. The van der Waals surface area contributed by atoms with Gasteiger partial charge in [0.1, 0.15) is 5.76 Å². The Bertz CT molecular complexity index is 638. The number of carbonyl (C=O) groups is 1. The van der Waals surface area contributed by atoms with Crippen LogP contribution in [0.3, 0.4) is 0 Å². The minimum atomic E-state index is -0.249. The average molecular weight is 290 g/mol. The molecule has 1 aliphatic heterocycles. The molecule has 0 saturated carbocycles. The number of rotatable bonds is 4. The zero-order chi connectivity index (χ0) is 15.0. The molecule has 1 amide bonds. The van der Waals surface area contributed by atoms with E-state index in [1.165, 1.54) is 0 Å². The molecule has 2 aromatic heterocycles. The number of hydrogen-bond acceptors (Lipinski definition) is 6. The first-order valence-corrected chi connectivity index (χ1v) is 6.92. The summed E-state index contributed by atoms with van der Waals surface area (Å²) in [7, 11) is 0. The van der Waals surface area contributed by atoms with Gasteiger partial charge in [-0.3, -0.25) is 4.79 Å². The third-order valence-electron chi connectivity index (χ3n) is 3.75. The first-order valence-electron chi connectivity index (χ1n) is 6.92. The van der Waals surface area contributed by atoms with E-state index in [0.29, 0.717) is 17.5 Å². The van der Waals surface area contributed by atoms with Crippen LogP contribution < -0.4 is 10.6 Å². The molecule has 0 aromatic carbocycles. The van der Waals surface area contributed by atoms with Crippen molar-refractivity contribution in [2.45, 2.75) is 32.9 Å². The molecule has 2 aromatic rings. The zero-order valence-corrected chi connectivity index (χ0v) is 12.3. The van der Waals surface area contributed by atoms with Crippen molar-refractivity contribution in [3.63, 3.8) is 0 Å². The Morgan fingerprint density at radius 1 is 1.52 bits per heavy atom. The molecular weight excluding hydrogens is 272 g/mol. The van der Waals surface area contributed by atoms with E-state index in [4.69, 9.17) is 4.52 Å². The number of aryl methyl sites for hydroxylation is 2. The van der Waals surface area contributed by atoms with Crippen LogP contribution in [0, 0.1) is 13.8 Å². The Morgan fingerprint density at radius 3 is 2.86 bits per heavy atom. The topological polar surface area (TPSA) is 97.9 Å². The van der Waals surface area contributed by atoms with E-state index in [1.807, 2.05) is 20.8 Å². The van der Waals surface area contributed by atoms with Crippen molar-refractivity contribution in [2.75, 3.05) is 13.1 Å². The molecule has 0 aliphatic carbocycles. The van der Waals surface area contributed by atoms with Crippen molar-refractivity contribution in [3.8, 4) is 0 Å². The number of aromatic nitrogens is 4. The molecule has 21 heavy (non-hydrogen) atoms. The van der Waals surface area contributed by atoms with Gasteiger partial charge in [0.25, 0.3) is 5.91 Å². The summed E-state index contributed by atoms with van der Waals surface area (Å²) >= 11 is 0. The van der Waals surface area contributed by atoms with E-state index in [-0.39, 0.29) is 11.9 Å². The lowest BCUT2D eigenvalue weighted by Crippen LogP contribution is -2.43. The van der Waals surface area contributed by atoms with Crippen molar-refractivity contribution in [1.82, 2.24) is 30.8 Å². The summed E-state index contributed by atoms with van der Waals surface area (Å²) in [6.45, 7) is 7.30. The molecule has 0 spiro atoms. The summed E-state index contributed by atoms with van der Waals surface area (Å²) in [5.41, 5.74) is 2.00. The number of amides is 1. The van der Waals surface area contributed by atoms with E-state index in [9.17, 15) is 4.79 Å². The maximum Gasteiger partial charge on any atom is 0.273 e. The van der Waals surface area contributed by atoms with Crippen LogP contribution in [0.4, 0.5) is 0 Å². The van der Waals surface area contributed by atoms with Crippen LogP contribution in [0.25, 0.3) is 0 Å². The van der Waals surface area contributed by atoms with E-state index in [1.54, 1.807) is 10.9 Å². The second-order valence-electron chi connectivity index (χ2n) is 5.33. The summed E-state index contributed by atoms with van der Waals surface area (Å²) in [6.07, 6.45) is 1.68. The van der Waals surface area contributed by atoms with E-state index in [0.717, 1.165) is 24.3 Å². The fourth-order valence-electron chi connectivity index (χ4n) is 2.47. The van der Waals surface area contributed by atoms with Crippen molar-refractivity contribution >= 4 is 5.91 Å². The Hall–Kier alpha value is -2.22. The molecule has 1 atom stereocenters. The van der Waals surface area contributed by atoms with Crippen molar-refractivity contribution in [2.24, 2.45) is 0 Å². The van der Waals surface area contributed by atoms with Gasteiger partial charge in [0.15, 0.2) is 5.69 Å². The van der Waals surface area contributed by atoms with E-state index in [2.05, 4.69) is 26.1 Å². The fourth-order valence-corrected chi connectivity index (χ4v) is 2.47. The summed E-state index contributed by atoms with van der Waals surface area (Å²) < 4.78 is 6.85. The van der Waals surface area contributed by atoms with E-state index >= 15 is 0 Å². The lowest BCUT2D eigenvalue weighted by atomic mass is 10.1. The average Bonchev–Trinajstić information content (AvgIpc) is 2.95.